The summed E-state index contributed by atoms with van der Waals surface area (Å²) in [7, 11) is 0. The van der Waals surface area contributed by atoms with Crippen LogP contribution in [-0.4, -0.2) is 35.6 Å². The SMILES string of the molecule is CCN(Cc1c(Cl)cc(C)nc1Cl)C1CNC1. The van der Waals surface area contributed by atoms with Crippen LogP contribution >= 0.6 is 23.2 Å². The van der Waals surface area contributed by atoms with Crippen LogP contribution in [0.4, 0.5) is 0 Å². The molecule has 1 saturated heterocycles. The Labute approximate surface area is 112 Å². The molecule has 0 saturated carbocycles. The van der Waals surface area contributed by atoms with Crippen molar-refractivity contribution in [2.75, 3.05) is 19.6 Å². The van der Waals surface area contributed by atoms with Gasteiger partial charge in [0.05, 0.1) is 0 Å². The van der Waals surface area contributed by atoms with Crippen LogP contribution in [0.2, 0.25) is 10.2 Å². The topological polar surface area (TPSA) is 28.2 Å². The Hall–Kier alpha value is -0.350. The molecule has 0 amide bonds. The molecule has 1 aromatic heterocycles. The number of hydrogen-bond donors (Lipinski definition) is 1. The molecular formula is C12H17Cl2N3. The van der Waals surface area contributed by atoms with Crippen LogP contribution in [0, 0.1) is 6.92 Å². The molecule has 0 aliphatic carbocycles. The summed E-state index contributed by atoms with van der Waals surface area (Å²) >= 11 is 12.4. The molecule has 0 bridgehead atoms. The fourth-order valence-electron chi connectivity index (χ4n) is 2.00. The van der Waals surface area contributed by atoms with E-state index in [9.17, 15) is 0 Å². The van der Waals surface area contributed by atoms with Gasteiger partial charge < -0.3 is 5.32 Å². The number of aromatic nitrogens is 1. The van der Waals surface area contributed by atoms with Gasteiger partial charge in [0.25, 0.3) is 0 Å². The quantitative estimate of drug-likeness (QED) is 0.855. The van der Waals surface area contributed by atoms with Gasteiger partial charge in [-0.1, -0.05) is 30.1 Å². The molecule has 0 unspecified atom stereocenters. The molecule has 1 N–H and O–H groups in total. The van der Waals surface area contributed by atoms with E-state index in [1.807, 2.05) is 13.0 Å². The second-order valence-corrected chi connectivity index (χ2v) is 5.16. The van der Waals surface area contributed by atoms with Crippen molar-refractivity contribution in [3.05, 3.63) is 27.5 Å². The normalized spacial score (nSPS) is 16.3. The summed E-state index contributed by atoms with van der Waals surface area (Å²) in [5, 5.41) is 4.52. The molecule has 0 aromatic carbocycles. The minimum absolute atomic E-state index is 0.528. The highest BCUT2D eigenvalue weighted by Crippen LogP contribution is 2.26. The van der Waals surface area contributed by atoms with Crippen LogP contribution in [0.25, 0.3) is 0 Å². The molecule has 17 heavy (non-hydrogen) atoms. The van der Waals surface area contributed by atoms with Crippen molar-refractivity contribution in [2.24, 2.45) is 0 Å². The molecule has 0 atom stereocenters. The van der Waals surface area contributed by atoms with Gasteiger partial charge in [0.15, 0.2) is 0 Å². The van der Waals surface area contributed by atoms with Crippen LogP contribution in [0.15, 0.2) is 6.07 Å². The van der Waals surface area contributed by atoms with E-state index in [0.717, 1.165) is 37.4 Å². The van der Waals surface area contributed by atoms with Gasteiger partial charge in [-0.2, -0.15) is 0 Å². The summed E-state index contributed by atoms with van der Waals surface area (Å²) in [6, 6.07) is 2.46. The number of halogens is 2. The van der Waals surface area contributed by atoms with Crippen molar-refractivity contribution in [3.8, 4) is 0 Å². The third kappa shape index (κ3) is 2.91. The van der Waals surface area contributed by atoms with E-state index < -0.39 is 0 Å². The molecule has 3 nitrogen and oxygen atoms in total. The Bertz CT molecular complexity index is 382. The third-order valence-corrected chi connectivity index (χ3v) is 3.84. The average Bonchev–Trinajstić information content (AvgIpc) is 2.18. The highest BCUT2D eigenvalue weighted by molar-refractivity contribution is 6.35. The van der Waals surface area contributed by atoms with Gasteiger partial charge in [-0.05, 0) is 19.5 Å². The first-order valence-corrected chi connectivity index (χ1v) is 6.63. The highest BCUT2D eigenvalue weighted by Gasteiger charge is 2.24. The summed E-state index contributed by atoms with van der Waals surface area (Å²) in [6.45, 7) is 7.90. The largest absolute Gasteiger partial charge is 0.314 e. The van der Waals surface area contributed by atoms with Crippen molar-refractivity contribution in [2.45, 2.75) is 26.4 Å². The zero-order valence-electron chi connectivity index (χ0n) is 10.1. The molecule has 1 fully saturated rings. The van der Waals surface area contributed by atoms with Crippen molar-refractivity contribution in [1.82, 2.24) is 15.2 Å². The molecule has 0 radical (unpaired) electrons. The average molecular weight is 274 g/mol. The van der Waals surface area contributed by atoms with Crippen LogP contribution < -0.4 is 5.32 Å². The van der Waals surface area contributed by atoms with E-state index >= 15 is 0 Å². The van der Waals surface area contributed by atoms with E-state index in [1.165, 1.54) is 0 Å². The predicted octanol–water partition coefficient (Wildman–Crippen LogP) is 2.49. The number of pyridine rings is 1. The Morgan fingerprint density at radius 2 is 2.18 bits per heavy atom. The smallest absolute Gasteiger partial charge is 0.135 e. The van der Waals surface area contributed by atoms with E-state index in [-0.39, 0.29) is 0 Å². The second-order valence-electron chi connectivity index (χ2n) is 4.39. The number of likely N-dealkylation sites (N-methyl/N-ethyl adjacent to an activating group) is 1. The lowest BCUT2D eigenvalue weighted by atomic mass is 10.1. The standard InChI is InChI=1S/C12H17Cl2N3/c1-3-17(9-5-15-6-9)7-10-11(13)4-8(2)16-12(10)14/h4,9,15H,3,5-7H2,1-2H3. The third-order valence-electron chi connectivity index (χ3n) is 3.19. The summed E-state index contributed by atoms with van der Waals surface area (Å²) in [6.07, 6.45) is 0. The lowest BCUT2D eigenvalue weighted by molar-refractivity contribution is 0.145. The fourth-order valence-corrected chi connectivity index (χ4v) is 2.65. The maximum Gasteiger partial charge on any atom is 0.135 e. The molecule has 1 aliphatic heterocycles. The molecular weight excluding hydrogens is 257 g/mol. The molecule has 1 aromatic rings. The first-order chi connectivity index (χ1) is 8.11. The lowest BCUT2D eigenvalue weighted by Crippen LogP contribution is -2.56. The summed E-state index contributed by atoms with van der Waals surface area (Å²) in [5.74, 6) is 0. The van der Waals surface area contributed by atoms with E-state index in [1.54, 1.807) is 0 Å². The maximum atomic E-state index is 6.24. The zero-order chi connectivity index (χ0) is 12.4. The van der Waals surface area contributed by atoms with Crippen LogP contribution in [-0.2, 0) is 6.54 Å². The molecule has 94 valence electrons. The predicted molar refractivity (Wildman–Crippen MR) is 71.7 cm³/mol. The van der Waals surface area contributed by atoms with Crippen molar-refractivity contribution >= 4 is 23.2 Å². The van der Waals surface area contributed by atoms with Crippen LogP contribution in [0.5, 0.6) is 0 Å². The van der Waals surface area contributed by atoms with E-state index in [4.69, 9.17) is 23.2 Å². The molecule has 0 spiro atoms. The van der Waals surface area contributed by atoms with Crippen molar-refractivity contribution in [1.29, 1.82) is 0 Å². The van der Waals surface area contributed by atoms with E-state index in [0.29, 0.717) is 16.2 Å². The minimum Gasteiger partial charge on any atom is -0.314 e. The van der Waals surface area contributed by atoms with Crippen LogP contribution in [0.3, 0.4) is 0 Å². The maximum absolute atomic E-state index is 6.24. The first kappa shape index (κ1) is 13.1. The Morgan fingerprint density at radius 3 is 2.65 bits per heavy atom. The number of nitrogens with zero attached hydrogens (tertiary/aromatic N) is 2. The molecule has 5 heteroatoms. The second kappa shape index (κ2) is 5.53. The molecule has 2 rings (SSSR count). The number of rotatable bonds is 4. The first-order valence-electron chi connectivity index (χ1n) is 5.88. The lowest BCUT2D eigenvalue weighted by Gasteiger charge is -2.37. The van der Waals surface area contributed by atoms with E-state index in [2.05, 4.69) is 22.1 Å². The highest BCUT2D eigenvalue weighted by atomic mass is 35.5. The van der Waals surface area contributed by atoms with Gasteiger partial charge in [0.1, 0.15) is 5.15 Å². The van der Waals surface area contributed by atoms with Gasteiger partial charge in [-0.15, -0.1) is 0 Å². The van der Waals surface area contributed by atoms with Crippen molar-refractivity contribution in [3.63, 3.8) is 0 Å². The fraction of sp³-hybridized carbons (Fsp3) is 0.583. The van der Waals surface area contributed by atoms with Crippen molar-refractivity contribution < 1.29 is 0 Å². The zero-order valence-corrected chi connectivity index (χ0v) is 11.6. The number of hydrogen-bond acceptors (Lipinski definition) is 3. The minimum atomic E-state index is 0.528. The van der Waals surface area contributed by atoms with Gasteiger partial charge in [0.2, 0.25) is 0 Å². The van der Waals surface area contributed by atoms with Gasteiger partial charge in [0, 0.05) is 42.0 Å². The number of aryl methyl sites for hydroxylation is 1. The monoisotopic (exact) mass is 273 g/mol. The van der Waals surface area contributed by atoms with Crippen LogP contribution in [0.1, 0.15) is 18.2 Å². The van der Waals surface area contributed by atoms with Gasteiger partial charge in [-0.3, -0.25) is 4.90 Å². The molecule has 2 heterocycles. The number of nitrogens with one attached hydrogen (secondary N) is 1. The summed E-state index contributed by atoms with van der Waals surface area (Å²) in [4.78, 5) is 6.64. The Balaban J connectivity index is 2.16. The van der Waals surface area contributed by atoms with Gasteiger partial charge >= 0.3 is 0 Å². The molecule has 1 aliphatic rings. The Morgan fingerprint density at radius 1 is 1.47 bits per heavy atom. The summed E-state index contributed by atoms with van der Waals surface area (Å²) in [5.41, 5.74) is 1.80. The Kier molecular flexibility index (Phi) is 4.26. The summed E-state index contributed by atoms with van der Waals surface area (Å²) < 4.78 is 0. The van der Waals surface area contributed by atoms with Gasteiger partial charge in [-0.25, -0.2) is 4.98 Å².